The second-order valence-corrected chi connectivity index (χ2v) is 9.23. The highest BCUT2D eigenvalue weighted by Crippen LogP contribution is 2.33. The van der Waals surface area contributed by atoms with Crippen LogP contribution in [0.3, 0.4) is 0 Å². The second-order valence-electron chi connectivity index (χ2n) is 7.70. The Morgan fingerprint density at radius 2 is 1.38 bits per heavy atom. The molecule has 1 heterocycles. The van der Waals surface area contributed by atoms with Crippen molar-refractivity contribution in [3.05, 3.63) is 100 Å². The van der Waals surface area contributed by atoms with Crippen LogP contribution in [0.4, 0.5) is 11.4 Å². The quantitative estimate of drug-likeness (QED) is 0.454. The molecule has 0 aromatic heterocycles. The summed E-state index contributed by atoms with van der Waals surface area (Å²) in [5.74, 6) is 0. The summed E-state index contributed by atoms with van der Waals surface area (Å²) in [6, 6.07) is 24.4. The van der Waals surface area contributed by atoms with Crippen LogP contribution in [0.2, 0.25) is 0 Å². The number of anilines is 1. The Balaban J connectivity index is 1.60. The minimum atomic E-state index is -4.11. The number of benzene rings is 3. The molecule has 3 aromatic rings. The largest absolute Gasteiger partial charge is 0.368 e. The molecule has 0 amide bonds. The lowest BCUT2D eigenvalue weighted by Gasteiger charge is -2.41. The molecule has 1 saturated heterocycles. The molecule has 0 aliphatic carbocycles. The van der Waals surface area contributed by atoms with Gasteiger partial charge < -0.3 is 4.90 Å². The number of non-ortho nitro benzene ring substituents is 1. The molecule has 1 aliphatic heterocycles. The number of nitro groups is 1. The first kappa shape index (κ1) is 21.9. The van der Waals surface area contributed by atoms with Gasteiger partial charge in [0.1, 0.15) is 4.90 Å². The fourth-order valence-corrected chi connectivity index (χ4v) is 4.98. The fourth-order valence-electron chi connectivity index (χ4n) is 4.21. The molecule has 0 bridgehead atoms. The van der Waals surface area contributed by atoms with Crippen LogP contribution in [0.15, 0.2) is 83.8 Å². The molecule has 1 fully saturated rings. The molecular weight excluding hydrogens is 428 g/mol. The van der Waals surface area contributed by atoms with Crippen molar-refractivity contribution < 1.29 is 13.3 Å². The first-order valence-corrected chi connectivity index (χ1v) is 11.8. The molecular formula is C23H24N4O4S. The summed E-state index contributed by atoms with van der Waals surface area (Å²) in [6.07, 6.45) is 0. The van der Waals surface area contributed by atoms with Gasteiger partial charge in [0.25, 0.3) is 5.69 Å². The number of primary sulfonamides is 1. The number of sulfonamides is 1. The van der Waals surface area contributed by atoms with E-state index in [9.17, 15) is 18.5 Å². The zero-order valence-corrected chi connectivity index (χ0v) is 18.2. The van der Waals surface area contributed by atoms with E-state index < -0.39 is 14.9 Å². The van der Waals surface area contributed by atoms with E-state index in [4.69, 9.17) is 5.14 Å². The third-order valence-electron chi connectivity index (χ3n) is 5.71. The van der Waals surface area contributed by atoms with E-state index >= 15 is 0 Å². The van der Waals surface area contributed by atoms with Crippen molar-refractivity contribution >= 4 is 21.4 Å². The molecule has 0 spiro atoms. The lowest BCUT2D eigenvalue weighted by Crippen LogP contribution is -2.48. The summed E-state index contributed by atoms with van der Waals surface area (Å²) in [6.45, 7) is 2.51. The molecule has 166 valence electrons. The summed E-state index contributed by atoms with van der Waals surface area (Å²) in [5.41, 5.74) is 2.47. The minimum absolute atomic E-state index is 0.0779. The summed E-state index contributed by atoms with van der Waals surface area (Å²) in [7, 11) is -4.11. The van der Waals surface area contributed by atoms with Gasteiger partial charge in [0.15, 0.2) is 0 Å². The third-order valence-corrected chi connectivity index (χ3v) is 6.65. The van der Waals surface area contributed by atoms with Gasteiger partial charge in [-0.1, -0.05) is 60.7 Å². The van der Waals surface area contributed by atoms with Gasteiger partial charge in [0, 0.05) is 38.3 Å². The summed E-state index contributed by atoms with van der Waals surface area (Å²) in [5, 5.41) is 16.5. The normalized spacial score (nSPS) is 15.1. The Kier molecular flexibility index (Phi) is 6.22. The molecule has 0 saturated carbocycles. The number of rotatable bonds is 6. The van der Waals surface area contributed by atoms with Crippen LogP contribution < -0.4 is 10.0 Å². The molecule has 9 heteroatoms. The van der Waals surface area contributed by atoms with Gasteiger partial charge in [-0.2, -0.15) is 0 Å². The topological polar surface area (TPSA) is 110 Å². The highest BCUT2D eigenvalue weighted by molar-refractivity contribution is 7.89. The molecule has 0 atom stereocenters. The Morgan fingerprint density at radius 1 is 0.844 bits per heavy atom. The van der Waals surface area contributed by atoms with Gasteiger partial charge >= 0.3 is 0 Å². The highest BCUT2D eigenvalue weighted by Gasteiger charge is 2.29. The molecule has 32 heavy (non-hydrogen) atoms. The lowest BCUT2D eigenvalue weighted by molar-refractivity contribution is -0.385. The second kappa shape index (κ2) is 9.07. The van der Waals surface area contributed by atoms with Gasteiger partial charge in [-0.3, -0.25) is 15.0 Å². The van der Waals surface area contributed by atoms with Crippen LogP contribution in [0.25, 0.3) is 0 Å². The minimum Gasteiger partial charge on any atom is -0.368 e. The van der Waals surface area contributed by atoms with Crippen molar-refractivity contribution in [2.45, 2.75) is 10.9 Å². The fraction of sp³-hybridized carbons (Fsp3) is 0.217. The van der Waals surface area contributed by atoms with Crippen LogP contribution in [0, 0.1) is 10.1 Å². The van der Waals surface area contributed by atoms with E-state index in [0.29, 0.717) is 31.9 Å². The number of hydrogen-bond donors (Lipinski definition) is 1. The molecule has 0 radical (unpaired) electrons. The molecule has 4 rings (SSSR count). The van der Waals surface area contributed by atoms with E-state index in [1.807, 2.05) is 41.3 Å². The van der Waals surface area contributed by atoms with E-state index in [-0.39, 0.29) is 16.6 Å². The van der Waals surface area contributed by atoms with Crippen LogP contribution in [0.1, 0.15) is 17.2 Å². The smallest absolute Gasteiger partial charge is 0.270 e. The van der Waals surface area contributed by atoms with Crippen LogP contribution in [-0.2, 0) is 10.0 Å². The van der Waals surface area contributed by atoms with Gasteiger partial charge in [0.05, 0.1) is 16.7 Å². The van der Waals surface area contributed by atoms with Crippen molar-refractivity contribution in [1.29, 1.82) is 0 Å². The van der Waals surface area contributed by atoms with Gasteiger partial charge in [-0.15, -0.1) is 0 Å². The summed E-state index contributed by atoms with van der Waals surface area (Å²) >= 11 is 0. The average molecular weight is 453 g/mol. The molecule has 3 aromatic carbocycles. The molecule has 0 unspecified atom stereocenters. The monoisotopic (exact) mass is 452 g/mol. The van der Waals surface area contributed by atoms with Crippen LogP contribution in [0.5, 0.6) is 0 Å². The predicted octanol–water partition coefficient (Wildman–Crippen LogP) is 3.15. The highest BCUT2D eigenvalue weighted by atomic mass is 32.2. The summed E-state index contributed by atoms with van der Waals surface area (Å²) < 4.78 is 24.3. The Labute approximate surface area is 187 Å². The van der Waals surface area contributed by atoms with Crippen molar-refractivity contribution in [3.63, 3.8) is 0 Å². The Hall–Kier alpha value is -3.27. The van der Waals surface area contributed by atoms with E-state index in [1.165, 1.54) is 23.3 Å². The maximum atomic E-state index is 12.1. The zero-order chi connectivity index (χ0) is 22.7. The number of hydrogen-bond acceptors (Lipinski definition) is 6. The maximum Gasteiger partial charge on any atom is 0.270 e. The van der Waals surface area contributed by atoms with Crippen molar-refractivity contribution in [3.8, 4) is 0 Å². The number of nitrogens with zero attached hydrogens (tertiary/aromatic N) is 3. The van der Waals surface area contributed by atoms with E-state index in [1.54, 1.807) is 0 Å². The maximum absolute atomic E-state index is 12.1. The number of piperazine rings is 1. The Morgan fingerprint density at radius 3 is 1.84 bits per heavy atom. The molecule has 1 aliphatic rings. The van der Waals surface area contributed by atoms with Gasteiger partial charge in [-0.05, 0) is 17.2 Å². The molecule has 2 N–H and O–H groups in total. The Bertz CT molecular complexity index is 1160. The molecule has 8 nitrogen and oxygen atoms in total. The van der Waals surface area contributed by atoms with Gasteiger partial charge in [-0.25, -0.2) is 13.6 Å². The first-order chi connectivity index (χ1) is 15.3. The van der Waals surface area contributed by atoms with Crippen molar-refractivity contribution in [1.82, 2.24) is 4.90 Å². The number of nitrogens with two attached hydrogens (primary N) is 1. The summed E-state index contributed by atoms with van der Waals surface area (Å²) in [4.78, 5) is 14.5. The van der Waals surface area contributed by atoms with Crippen LogP contribution >= 0.6 is 0 Å². The standard InChI is InChI=1S/C23H24N4O4S/c24-32(30,31)22-17-20(27(28)29)11-12-21(22)25-13-15-26(16-14-25)23(18-7-3-1-4-8-18)19-9-5-2-6-10-19/h1-12,17,23H,13-16H2,(H2,24,30,31). The van der Waals surface area contributed by atoms with E-state index in [0.717, 1.165) is 6.07 Å². The van der Waals surface area contributed by atoms with Crippen molar-refractivity contribution in [2.24, 2.45) is 5.14 Å². The predicted molar refractivity (Wildman–Crippen MR) is 123 cm³/mol. The average Bonchev–Trinajstić information content (AvgIpc) is 2.80. The SMILES string of the molecule is NS(=O)(=O)c1cc([N+](=O)[O-])ccc1N1CCN(C(c2ccccc2)c2ccccc2)CC1. The first-order valence-electron chi connectivity index (χ1n) is 10.2. The zero-order valence-electron chi connectivity index (χ0n) is 17.4. The number of nitro benzene ring substituents is 1. The third kappa shape index (κ3) is 4.64. The van der Waals surface area contributed by atoms with Crippen molar-refractivity contribution in [2.75, 3.05) is 31.1 Å². The van der Waals surface area contributed by atoms with Gasteiger partial charge in [0.2, 0.25) is 10.0 Å². The van der Waals surface area contributed by atoms with E-state index in [2.05, 4.69) is 29.2 Å². The lowest BCUT2D eigenvalue weighted by atomic mass is 9.96. The van der Waals surface area contributed by atoms with Crippen LogP contribution in [-0.4, -0.2) is 44.4 Å².